The highest BCUT2D eigenvalue weighted by atomic mass is 16.2. The van der Waals surface area contributed by atoms with E-state index in [9.17, 15) is 9.59 Å². The zero-order valence-corrected chi connectivity index (χ0v) is 14.2. The lowest BCUT2D eigenvalue weighted by Gasteiger charge is -2.16. The van der Waals surface area contributed by atoms with Gasteiger partial charge in [0.05, 0.1) is 0 Å². The molecule has 2 aliphatic rings. The maximum Gasteiger partial charge on any atom is 0.315 e. The smallest absolute Gasteiger partial charge is 0.315 e. The summed E-state index contributed by atoms with van der Waals surface area (Å²) >= 11 is 0. The standard InChI is InChI=1S/C20H23N3O2/c24-19-10-15(13-23(19)18-7-8-18)12-22-20(25)21-11-14-5-6-16-3-1-2-4-17(16)9-14/h1-6,9,15,18H,7-8,10-13H2,(H2,21,22,25)/t15-/m1/s1. The summed E-state index contributed by atoms with van der Waals surface area (Å²) in [4.78, 5) is 25.9. The van der Waals surface area contributed by atoms with Crippen molar-refractivity contribution >= 4 is 22.7 Å². The molecule has 1 aliphatic carbocycles. The quantitative estimate of drug-likeness (QED) is 0.881. The zero-order chi connectivity index (χ0) is 17.2. The van der Waals surface area contributed by atoms with Crippen LogP contribution in [-0.4, -0.2) is 36.0 Å². The number of carbonyl (C=O) groups is 2. The van der Waals surface area contributed by atoms with Crippen LogP contribution in [-0.2, 0) is 11.3 Å². The number of nitrogens with zero attached hydrogens (tertiary/aromatic N) is 1. The van der Waals surface area contributed by atoms with Gasteiger partial charge in [0.2, 0.25) is 5.91 Å². The molecule has 1 aliphatic heterocycles. The fraction of sp³-hybridized carbons (Fsp3) is 0.400. The molecule has 1 heterocycles. The molecular formula is C20H23N3O2. The second kappa shape index (κ2) is 6.75. The molecule has 2 aromatic carbocycles. The molecule has 2 N–H and O–H groups in total. The van der Waals surface area contributed by atoms with Crippen LogP contribution < -0.4 is 10.6 Å². The minimum Gasteiger partial charge on any atom is -0.339 e. The molecule has 5 nitrogen and oxygen atoms in total. The first kappa shape index (κ1) is 15.9. The number of benzene rings is 2. The third kappa shape index (κ3) is 3.76. The number of fused-ring (bicyclic) bond motifs is 1. The lowest BCUT2D eigenvalue weighted by molar-refractivity contribution is -0.128. The summed E-state index contributed by atoms with van der Waals surface area (Å²) in [6.07, 6.45) is 2.83. The van der Waals surface area contributed by atoms with Gasteiger partial charge in [-0.3, -0.25) is 4.79 Å². The van der Waals surface area contributed by atoms with Crippen LogP contribution in [0.25, 0.3) is 10.8 Å². The molecule has 0 aromatic heterocycles. The van der Waals surface area contributed by atoms with E-state index in [-0.39, 0.29) is 17.9 Å². The normalized spacial score (nSPS) is 20.1. The van der Waals surface area contributed by atoms with Gasteiger partial charge in [-0.1, -0.05) is 36.4 Å². The number of likely N-dealkylation sites (tertiary alicyclic amines) is 1. The van der Waals surface area contributed by atoms with Crippen LogP contribution in [0.1, 0.15) is 24.8 Å². The van der Waals surface area contributed by atoms with Crippen LogP contribution in [0.2, 0.25) is 0 Å². The minimum absolute atomic E-state index is 0.175. The highest BCUT2D eigenvalue weighted by Gasteiger charge is 2.39. The van der Waals surface area contributed by atoms with Gasteiger partial charge in [-0.15, -0.1) is 0 Å². The molecule has 1 saturated heterocycles. The molecule has 0 spiro atoms. The lowest BCUT2D eigenvalue weighted by atomic mass is 10.1. The van der Waals surface area contributed by atoms with Crippen LogP contribution in [0.15, 0.2) is 42.5 Å². The van der Waals surface area contributed by atoms with Crippen molar-refractivity contribution < 1.29 is 9.59 Å². The zero-order valence-electron chi connectivity index (χ0n) is 14.2. The highest BCUT2D eigenvalue weighted by Crippen LogP contribution is 2.32. The topological polar surface area (TPSA) is 61.4 Å². The molecule has 0 bridgehead atoms. The van der Waals surface area contributed by atoms with Crippen molar-refractivity contribution in [3.8, 4) is 0 Å². The van der Waals surface area contributed by atoms with Gasteiger partial charge in [-0.2, -0.15) is 0 Å². The van der Waals surface area contributed by atoms with E-state index in [0.29, 0.717) is 25.6 Å². The maximum absolute atomic E-state index is 12.0. The Hall–Kier alpha value is -2.56. The molecule has 5 heteroatoms. The second-order valence-corrected chi connectivity index (χ2v) is 7.09. The molecule has 2 fully saturated rings. The summed E-state index contributed by atoms with van der Waals surface area (Å²) in [5.41, 5.74) is 1.07. The average Bonchev–Trinajstić information content (AvgIpc) is 3.40. The number of amides is 3. The first-order chi connectivity index (χ1) is 12.2. The largest absolute Gasteiger partial charge is 0.339 e. The van der Waals surface area contributed by atoms with Crippen molar-refractivity contribution in [2.45, 2.75) is 31.8 Å². The SMILES string of the molecule is O=C(NCc1ccc2ccccc2c1)NC[C@H]1CC(=O)N(C2CC2)C1. The van der Waals surface area contributed by atoms with Crippen molar-refractivity contribution in [3.05, 3.63) is 48.0 Å². The molecule has 25 heavy (non-hydrogen) atoms. The monoisotopic (exact) mass is 337 g/mol. The predicted molar refractivity (Wildman–Crippen MR) is 97.0 cm³/mol. The summed E-state index contributed by atoms with van der Waals surface area (Å²) in [7, 11) is 0. The van der Waals surface area contributed by atoms with Gasteiger partial charge in [0, 0.05) is 38.0 Å². The summed E-state index contributed by atoms with van der Waals surface area (Å²) in [5.74, 6) is 0.477. The fourth-order valence-electron chi connectivity index (χ4n) is 3.51. The van der Waals surface area contributed by atoms with E-state index in [1.54, 1.807) is 0 Å². The molecule has 0 radical (unpaired) electrons. The molecule has 2 aromatic rings. The van der Waals surface area contributed by atoms with Gasteiger partial charge in [-0.25, -0.2) is 4.79 Å². The molecule has 130 valence electrons. The van der Waals surface area contributed by atoms with Gasteiger partial charge in [0.25, 0.3) is 0 Å². The van der Waals surface area contributed by atoms with Gasteiger partial charge >= 0.3 is 6.03 Å². The van der Waals surface area contributed by atoms with E-state index >= 15 is 0 Å². The summed E-state index contributed by atoms with van der Waals surface area (Å²) in [6, 6.07) is 14.7. The van der Waals surface area contributed by atoms with Gasteiger partial charge < -0.3 is 15.5 Å². The number of hydrogen-bond donors (Lipinski definition) is 2. The number of urea groups is 1. The first-order valence-electron chi connectivity index (χ1n) is 8.98. The molecule has 4 rings (SSSR count). The van der Waals surface area contributed by atoms with Crippen LogP contribution in [0.4, 0.5) is 4.79 Å². The predicted octanol–water partition coefficient (Wildman–Crippen LogP) is 2.65. The third-order valence-corrected chi connectivity index (χ3v) is 5.04. The Morgan fingerprint density at radius 1 is 1.08 bits per heavy atom. The van der Waals surface area contributed by atoms with E-state index in [4.69, 9.17) is 0 Å². The third-order valence-electron chi connectivity index (χ3n) is 5.04. The van der Waals surface area contributed by atoms with Crippen molar-refractivity contribution in [1.29, 1.82) is 0 Å². The summed E-state index contributed by atoms with van der Waals surface area (Å²) in [5, 5.41) is 8.17. The van der Waals surface area contributed by atoms with Crippen LogP contribution >= 0.6 is 0 Å². The van der Waals surface area contributed by atoms with Crippen molar-refractivity contribution in [2.24, 2.45) is 5.92 Å². The molecule has 3 amide bonds. The van der Waals surface area contributed by atoms with Crippen LogP contribution in [0.5, 0.6) is 0 Å². The minimum atomic E-state index is -0.175. The lowest BCUT2D eigenvalue weighted by Crippen LogP contribution is -2.38. The van der Waals surface area contributed by atoms with Crippen molar-refractivity contribution in [2.75, 3.05) is 13.1 Å². The molecular weight excluding hydrogens is 314 g/mol. The Bertz CT molecular complexity index is 800. The van der Waals surface area contributed by atoms with Crippen molar-refractivity contribution in [1.82, 2.24) is 15.5 Å². The highest BCUT2D eigenvalue weighted by molar-refractivity contribution is 5.83. The van der Waals surface area contributed by atoms with Gasteiger partial charge in [0.1, 0.15) is 0 Å². The van der Waals surface area contributed by atoms with Gasteiger partial charge in [-0.05, 0) is 35.2 Å². The fourth-order valence-corrected chi connectivity index (χ4v) is 3.51. The van der Waals surface area contributed by atoms with E-state index in [1.165, 1.54) is 10.8 Å². The molecule has 1 atom stereocenters. The van der Waals surface area contributed by atoms with E-state index < -0.39 is 0 Å². The Balaban J connectivity index is 1.24. The van der Waals surface area contributed by atoms with E-state index in [2.05, 4.69) is 34.9 Å². The van der Waals surface area contributed by atoms with E-state index in [1.807, 2.05) is 23.1 Å². The first-order valence-corrected chi connectivity index (χ1v) is 8.98. The van der Waals surface area contributed by atoms with Crippen LogP contribution in [0, 0.1) is 5.92 Å². The Kier molecular flexibility index (Phi) is 4.30. The van der Waals surface area contributed by atoms with E-state index in [0.717, 1.165) is 24.9 Å². The number of carbonyl (C=O) groups excluding carboxylic acids is 2. The maximum atomic E-state index is 12.0. The Morgan fingerprint density at radius 2 is 1.88 bits per heavy atom. The molecule has 0 unspecified atom stereocenters. The van der Waals surface area contributed by atoms with Crippen molar-refractivity contribution in [3.63, 3.8) is 0 Å². The summed E-state index contributed by atoms with van der Waals surface area (Å²) < 4.78 is 0. The number of nitrogens with one attached hydrogen (secondary N) is 2. The van der Waals surface area contributed by atoms with Gasteiger partial charge in [0.15, 0.2) is 0 Å². The Labute approximate surface area is 147 Å². The molecule has 1 saturated carbocycles. The number of rotatable bonds is 5. The summed E-state index contributed by atoms with van der Waals surface area (Å²) in [6.45, 7) is 1.83. The second-order valence-electron chi connectivity index (χ2n) is 7.09. The average molecular weight is 337 g/mol. The Morgan fingerprint density at radius 3 is 2.68 bits per heavy atom. The van der Waals surface area contributed by atoms with Crippen LogP contribution in [0.3, 0.4) is 0 Å². The number of hydrogen-bond acceptors (Lipinski definition) is 2.